The molecule has 6 heteroatoms. The van der Waals surface area contributed by atoms with Crippen molar-refractivity contribution in [2.75, 3.05) is 13.7 Å². The molecule has 0 saturated carbocycles. The second-order valence-electron chi connectivity index (χ2n) is 3.41. The van der Waals surface area contributed by atoms with Gasteiger partial charge in [0.05, 0.1) is 19.3 Å². The number of carbonyl (C=O) groups excluding carboxylic acids is 2. The number of carboxylic acid groups (broad SMARTS) is 1. The Labute approximate surface area is 118 Å². The molecule has 0 bridgehead atoms. The molecule has 0 saturated heterocycles. The summed E-state index contributed by atoms with van der Waals surface area (Å²) in [5.74, 6) is -2.10. The molecule has 0 fully saturated rings. The molecule has 112 valence electrons. The van der Waals surface area contributed by atoms with Gasteiger partial charge in [-0.15, -0.1) is 0 Å². The molecule has 0 heterocycles. The number of carbonyl (C=O) groups is 3. The maximum atomic E-state index is 10.6. The van der Waals surface area contributed by atoms with Crippen LogP contribution in [-0.2, 0) is 23.9 Å². The molecule has 0 aliphatic carbocycles. The molecule has 0 aliphatic heterocycles. The molecule has 0 spiro atoms. The maximum Gasteiger partial charge on any atom is 0.337 e. The van der Waals surface area contributed by atoms with Crippen LogP contribution in [0, 0.1) is 0 Å². The summed E-state index contributed by atoms with van der Waals surface area (Å²) in [7, 11) is 1.20. The fourth-order valence-corrected chi connectivity index (χ4v) is 0.747. The summed E-state index contributed by atoms with van der Waals surface area (Å²) >= 11 is 0. The Kier molecular flexibility index (Phi) is 13.0. The zero-order valence-electron chi connectivity index (χ0n) is 11.8. The van der Waals surface area contributed by atoms with Gasteiger partial charge < -0.3 is 14.6 Å². The SMILES string of the molecule is C=C(C=CC(=O)O)C(=O)OC.C=CC(=O)OCCCC. The zero-order chi connectivity index (χ0) is 16.0. The highest BCUT2D eigenvalue weighted by atomic mass is 16.5. The minimum Gasteiger partial charge on any atom is -0.478 e. The molecular weight excluding hydrogens is 264 g/mol. The van der Waals surface area contributed by atoms with Gasteiger partial charge in [-0.1, -0.05) is 26.5 Å². The standard InChI is InChI=1S/C7H8O4.C7H12O2/c1-5(7(10)11-2)3-4-6(8)9;1-3-5-6-9-7(8)4-2/h3-4H,1H2,2H3,(H,8,9);4H,2-3,5-6H2,1H3. The summed E-state index contributed by atoms with van der Waals surface area (Å²) in [6, 6.07) is 0. The largest absolute Gasteiger partial charge is 0.478 e. The maximum absolute atomic E-state index is 10.6. The highest BCUT2D eigenvalue weighted by Gasteiger charge is 2.01. The van der Waals surface area contributed by atoms with Crippen LogP contribution in [0.3, 0.4) is 0 Å². The topological polar surface area (TPSA) is 89.9 Å². The fraction of sp³-hybridized carbons (Fsp3) is 0.357. The molecule has 20 heavy (non-hydrogen) atoms. The first-order valence-electron chi connectivity index (χ1n) is 5.86. The van der Waals surface area contributed by atoms with E-state index >= 15 is 0 Å². The molecule has 1 N–H and O–H groups in total. The fourth-order valence-electron chi connectivity index (χ4n) is 0.747. The molecule has 0 aromatic carbocycles. The normalized spacial score (nSPS) is 9.10. The summed E-state index contributed by atoms with van der Waals surface area (Å²) in [5.41, 5.74) is 0.00917. The van der Waals surface area contributed by atoms with E-state index in [1.165, 1.54) is 13.2 Å². The van der Waals surface area contributed by atoms with Crippen molar-refractivity contribution < 1.29 is 29.0 Å². The smallest absolute Gasteiger partial charge is 0.337 e. The van der Waals surface area contributed by atoms with Crippen LogP contribution in [0.15, 0.2) is 37.0 Å². The Bertz CT molecular complexity index is 381. The molecule has 0 unspecified atom stereocenters. The van der Waals surface area contributed by atoms with Crippen molar-refractivity contribution >= 4 is 17.9 Å². The van der Waals surface area contributed by atoms with Gasteiger partial charge in [0, 0.05) is 12.2 Å². The van der Waals surface area contributed by atoms with E-state index in [1.54, 1.807) is 0 Å². The van der Waals surface area contributed by atoms with Crippen LogP contribution in [0.1, 0.15) is 19.8 Å². The van der Waals surface area contributed by atoms with Crippen LogP contribution in [0.5, 0.6) is 0 Å². The van der Waals surface area contributed by atoms with Gasteiger partial charge in [0.25, 0.3) is 0 Å². The monoisotopic (exact) mass is 284 g/mol. The third-order valence-corrected chi connectivity index (χ3v) is 1.78. The molecule has 0 aromatic rings. The lowest BCUT2D eigenvalue weighted by Gasteiger charge is -1.97. The van der Waals surface area contributed by atoms with E-state index in [0.717, 1.165) is 25.0 Å². The van der Waals surface area contributed by atoms with Crippen molar-refractivity contribution in [1.29, 1.82) is 0 Å². The lowest BCUT2D eigenvalue weighted by molar-refractivity contribution is -0.138. The van der Waals surface area contributed by atoms with E-state index in [0.29, 0.717) is 6.61 Å². The Morgan fingerprint density at radius 1 is 1.25 bits per heavy atom. The van der Waals surface area contributed by atoms with Crippen molar-refractivity contribution in [3.63, 3.8) is 0 Å². The second kappa shape index (κ2) is 13.1. The molecule has 6 nitrogen and oxygen atoms in total. The van der Waals surface area contributed by atoms with Gasteiger partial charge in [-0.25, -0.2) is 14.4 Å². The van der Waals surface area contributed by atoms with E-state index in [9.17, 15) is 14.4 Å². The Hall–Kier alpha value is -2.37. The molecule has 0 aromatic heterocycles. The number of carboxylic acids is 1. The van der Waals surface area contributed by atoms with Crippen LogP contribution < -0.4 is 0 Å². The average molecular weight is 284 g/mol. The first kappa shape index (κ1) is 20.0. The number of hydrogen-bond donors (Lipinski definition) is 1. The minimum absolute atomic E-state index is 0.00917. The molecule has 0 amide bonds. The summed E-state index contributed by atoms with van der Waals surface area (Å²) in [6.07, 6.45) is 5.05. The van der Waals surface area contributed by atoms with Gasteiger partial charge in [-0.2, -0.15) is 0 Å². The van der Waals surface area contributed by atoms with Crippen LogP contribution in [0.4, 0.5) is 0 Å². The molecule has 0 aliphatic rings. The summed E-state index contributed by atoms with van der Waals surface area (Å²) in [5, 5.41) is 8.14. The highest BCUT2D eigenvalue weighted by molar-refractivity contribution is 5.92. The number of methoxy groups -OCH3 is 1. The lowest BCUT2D eigenvalue weighted by Crippen LogP contribution is -2.01. The van der Waals surface area contributed by atoms with E-state index < -0.39 is 11.9 Å². The third-order valence-electron chi connectivity index (χ3n) is 1.78. The molecule has 0 radical (unpaired) electrons. The Morgan fingerprint density at radius 2 is 1.85 bits per heavy atom. The zero-order valence-corrected chi connectivity index (χ0v) is 11.8. The van der Waals surface area contributed by atoms with Crippen molar-refractivity contribution in [3.8, 4) is 0 Å². The summed E-state index contributed by atoms with van der Waals surface area (Å²) in [4.78, 5) is 30.8. The molecular formula is C14H20O6. The lowest BCUT2D eigenvalue weighted by atomic mass is 10.3. The van der Waals surface area contributed by atoms with Gasteiger partial charge in [-0.3, -0.25) is 0 Å². The van der Waals surface area contributed by atoms with E-state index in [2.05, 4.69) is 22.6 Å². The van der Waals surface area contributed by atoms with Crippen LogP contribution in [0.2, 0.25) is 0 Å². The number of esters is 2. The highest BCUT2D eigenvalue weighted by Crippen LogP contribution is 1.94. The van der Waals surface area contributed by atoms with E-state index in [-0.39, 0.29) is 11.5 Å². The molecule has 0 atom stereocenters. The van der Waals surface area contributed by atoms with Crippen LogP contribution in [0.25, 0.3) is 0 Å². The predicted octanol–water partition coefficient (Wildman–Crippen LogP) is 1.87. The van der Waals surface area contributed by atoms with Gasteiger partial charge in [-0.05, 0) is 12.5 Å². The first-order chi connectivity index (χ1) is 9.38. The summed E-state index contributed by atoms with van der Waals surface area (Å²) < 4.78 is 8.94. The number of unbranched alkanes of at least 4 members (excludes halogenated alkanes) is 1. The number of rotatable bonds is 7. The van der Waals surface area contributed by atoms with Crippen molar-refractivity contribution in [2.45, 2.75) is 19.8 Å². The second-order valence-corrected chi connectivity index (χ2v) is 3.41. The number of hydrogen-bond acceptors (Lipinski definition) is 5. The minimum atomic E-state index is -1.13. The Morgan fingerprint density at radius 3 is 2.25 bits per heavy atom. The summed E-state index contributed by atoms with van der Waals surface area (Å²) in [6.45, 7) is 9.10. The van der Waals surface area contributed by atoms with Gasteiger partial charge in [0.1, 0.15) is 0 Å². The first-order valence-corrected chi connectivity index (χ1v) is 5.86. The van der Waals surface area contributed by atoms with Crippen LogP contribution >= 0.6 is 0 Å². The average Bonchev–Trinajstić information content (AvgIpc) is 2.44. The van der Waals surface area contributed by atoms with Gasteiger partial charge in [0.2, 0.25) is 0 Å². The van der Waals surface area contributed by atoms with Crippen molar-refractivity contribution in [2.24, 2.45) is 0 Å². The molecule has 0 rings (SSSR count). The van der Waals surface area contributed by atoms with Crippen molar-refractivity contribution in [3.05, 3.63) is 37.0 Å². The quantitative estimate of drug-likeness (QED) is 0.332. The number of ether oxygens (including phenoxy) is 2. The third kappa shape index (κ3) is 13.7. The van der Waals surface area contributed by atoms with Crippen LogP contribution in [-0.4, -0.2) is 36.7 Å². The predicted molar refractivity (Wildman–Crippen MR) is 74.0 cm³/mol. The van der Waals surface area contributed by atoms with E-state index in [4.69, 9.17) is 5.11 Å². The van der Waals surface area contributed by atoms with Gasteiger partial charge in [0.15, 0.2) is 0 Å². The van der Waals surface area contributed by atoms with Gasteiger partial charge >= 0.3 is 17.9 Å². The Balaban J connectivity index is 0. The number of aliphatic carboxylic acids is 1. The van der Waals surface area contributed by atoms with E-state index in [1.807, 2.05) is 6.92 Å². The van der Waals surface area contributed by atoms with Crippen molar-refractivity contribution in [1.82, 2.24) is 0 Å².